The van der Waals surface area contributed by atoms with Gasteiger partial charge in [-0.1, -0.05) is 30.3 Å². The quantitative estimate of drug-likeness (QED) is 0.543. The van der Waals surface area contributed by atoms with Gasteiger partial charge in [-0.2, -0.15) is 0 Å². The predicted molar refractivity (Wildman–Crippen MR) is 91.0 cm³/mol. The molecule has 0 unspecified atom stereocenters. The molecule has 0 saturated carbocycles. The van der Waals surface area contributed by atoms with Crippen molar-refractivity contribution in [2.24, 2.45) is 0 Å². The number of carbonyl (C=O) groups is 1. The third-order valence-corrected chi connectivity index (χ3v) is 4.16. The maximum absolute atomic E-state index is 12.8. The molecule has 1 heterocycles. The van der Waals surface area contributed by atoms with Crippen LogP contribution in [0.1, 0.15) is 9.67 Å². The monoisotopic (exact) mass is 324 g/mol. The van der Waals surface area contributed by atoms with E-state index >= 15 is 0 Å². The summed E-state index contributed by atoms with van der Waals surface area (Å²) < 4.78 is 12.8. The van der Waals surface area contributed by atoms with Crippen LogP contribution in [-0.2, 0) is 0 Å². The number of nitrogens with zero attached hydrogens (tertiary/aromatic N) is 1. The number of rotatable bonds is 5. The number of halogens is 1. The fourth-order valence-corrected chi connectivity index (χ4v) is 2.79. The number of nitrogens with one attached hydrogen (secondary N) is 1. The van der Waals surface area contributed by atoms with Gasteiger partial charge in [-0.15, -0.1) is 11.3 Å². The van der Waals surface area contributed by atoms with E-state index in [1.54, 1.807) is 18.3 Å². The van der Waals surface area contributed by atoms with Crippen molar-refractivity contribution in [2.75, 3.05) is 5.32 Å². The molecule has 114 valence electrons. The third-order valence-electron chi connectivity index (χ3n) is 3.10. The highest BCUT2D eigenvalue weighted by Crippen LogP contribution is 2.25. The van der Waals surface area contributed by atoms with E-state index in [2.05, 4.69) is 10.3 Å². The molecular formula is C18H13FN2OS. The van der Waals surface area contributed by atoms with Crippen molar-refractivity contribution in [2.45, 2.75) is 0 Å². The van der Waals surface area contributed by atoms with Crippen LogP contribution in [0, 0.1) is 5.82 Å². The Bertz CT molecular complexity index is 826. The molecule has 0 spiro atoms. The normalized spacial score (nSPS) is 10.8. The maximum Gasteiger partial charge on any atom is 0.198 e. The molecule has 0 bridgehead atoms. The summed E-state index contributed by atoms with van der Waals surface area (Å²) >= 11 is 1.35. The molecule has 0 fully saturated rings. The molecule has 3 nitrogen and oxygen atoms in total. The van der Waals surface area contributed by atoms with Crippen LogP contribution in [0.25, 0.3) is 10.6 Å². The average molecular weight is 324 g/mol. The lowest BCUT2D eigenvalue weighted by atomic mass is 10.2. The van der Waals surface area contributed by atoms with Crippen LogP contribution in [0.5, 0.6) is 0 Å². The third kappa shape index (κ3) is 3.90. The van der Waals surface area contributed by atoms with Crippen LogP contribution in [0.15, 0.2) is 73.1 Å². The second-order valence-electron chi connectivity index (χ2n) is 4.74. The summed E-state index contributed by atoms with van der Waals surface area (Å²) in [5, 5.41) is 3.74. The van der Waals surface area contributed by atoms with Crippen LogP contribution >= 0.6 is 11.3 Å². The summed E-state index contributed by atoms with van der Waals surface area (Å²) in [7, 11) is 0. The van der Waals surface area contributed by atoms with Crippen molar-refractivity contribution in [1.82, 2.24) is 4.98 Å². The van der Waals surface area contributed by atoms with Crippen LogP contribution < -0.4 is 5.32 Å². The van der Waals surface area contributed by atoms with Gasteiger partial charge in [-0.25, -0.2) is 9.37 Å². The Morgan fingerprint density at radius 3 is 2.57 bits per heavy atom. The molecule has 0 aliphatic carbocycles. The number of hydrogen-bond donors (Lipinski definition) is 1. The first-order valence-corrected chi connectivity index (χ1v) is 7.78. The summed E-state index contributed by atoms with van der Waals surface area (Å²) in [6.45, 7) is 0. The molecule has 0 aliphatic heterocycles. The topological polar surface area (TPSA) is 42.0 Å². The molecule has 0 amide bonds. The first kappa shape index (κ1) is 15.1. The van der Waals surface area contributed by atoms with E-state index in [-0.39, 0.29) is 11.6 Å². The van der Waals surface area contributed by atoms with Crippen molar-refractivity contribution in [3.05, 3.63) is 83.8 Å². The molecule has 0 radical (unpaired) electrons. The Hall–Kier alpha value is -2.79. The summed E-state index contributed by atoms with van der Waals surface area (Å²) in [4.78, 5) is 17.0. The fourth-order valence-electron chi connectivity index (χ4n) is 1.94. The zero-order valence-corrected chi connectivity index (χ0v) is 12.9. The van der Waals surface area contributed by atoms with Crippen LogP contribution in [0.4, 0.5) is 10.1 Å². The van der Waals surface area contributed by atoms with E-state index in [4.69, 9.17) is 0 Å². The zero-order chi connectivity index (χ0) is 16.1. The zero-order valence-electron chi connectivity index (χ0n) is 12.1. The minimum Gasteiger partial charge on any atom is -0.362 e. The Morgan fingerprint density at radius 2 is 1.83 bits per heavy atom. The number of aromatic nitrogens is 1. The predicted octanol–water partition coefficient (Wildman–Crippen LogP) is 4.76. The van der Waals surface area contributed by atoms with Crippen molar-refractivity contribution in [3.63, 3.8) is 0 Å². The van der Waals surface area contributed by atoms with Crippen molar-refractivity contribution in [1.29, 1.82) is 0 Å². The molecular weight excluding hydrogens is 311 g/mol. The number of allylic oxidation sites excluding steroid dienone is 1. The minimum absolute atomic E-state index is 0.126. The highest BCUT2D eigenvalue weighted by Gasteiger charge is 2.08. The SMILES string of the molecule is O=C(/C=C/Nc1ccc(F)cc1)c1cnc(-c2ccccc2)s1. The molecule has 1 aromatic heterocycles. The molecule has 1 N–H and O–H groups in total. The Balaban J connectivity index is 1.65. The molecule has 23 heavy (non-hydrogen) atoms. The highest BCUT2D eigenvalue weighted by molar-refractivity contribution is 7.17. The molecule has 0 saturated heterocycles. The summed E-state index contributed by atoms with van der Waals surface area (Å²) in [6.07, 6.45) is 4.56. The summed E-state index contributed by atoms with van der Waals surface area (Å²) in [5.74, 6) is -0.423. The van der Waals surface area contributed by atoms with Crippen molar-refractivity contribution < 1.29 is 9.18 Å². The van der Waals surface area contributed by atoms with Crippen LogP contribution in [0.3, 0.4) is 0 Å². The summed E-state index contributed by atoms with van der Waals surface area (Å²) in [6, 6.07) is 15.6. The number of anilines is 1. The van der Waals surface area contributed by atoms with Crippen LogP contribution in [-0.4, -0.2) is 10.8 Å². The molecule has 5 heteroatoms. The molecule has 2 aromatic carbocycles. The lowest BCUT2D eigenvalue weighted by molar-refractivity contribution is 0.105. The molecule has 0 aliphatic rings. The van der Waals surface area contributed by atoms with Gasteiger partial charge in [0.1, 0.15) is 10.8 Å². The number of carbonyl (C=O) groups excluding carboxylic acids is 1. The van der Waals surface area contributed by atoms with Gasteiger partial charge in [-0.05, 0) is 24.3 Å². The molecule has 3 rings (SSSR count). The van der Waals surface area contributed by atoms with E-state index in [0.29, 0.717) is 10.6 Å². The lowest BCUT2D eigenvalue weighted by Gasteiger charge is -1.99. The van der Waals surface area contributed by atoms with Gasteiger partial charge in [0.25, 0.3) is 0 Å². The van der Waals surface area contributed by atoms with Gasteiger partial charge in [0, 0.05) is 29.7 Å². The minimum atomic E-state index is -0.297. The fraction of sp³-hybridized carbons (Fsp3) is 0. The second kappa shape index (κ2) is 6.98. The maximum atomic E-state index is 12.8. The van der Waals surface area contributed by atoms with Gasteiger partial charge in [-0.3, -0.25) is 4.79 Å². The largest absolute Gasteiger partial charge is 0.362 e. The highest BCUT2D eigenvalue weighted by atomic mass is 32.1. The first-order valence-electron chi connectivity index (χ1n) is 6.96. The van der Waals surface area contributed by atoms with Gasteiger partial charge in [0.2, 0.25) is 0 Å². The van der Waals surface area contributed by atoms with E-state index in [9.17, 15) is 9.18 Å². The van der Waals surface area contributed by atoms with Gasteiger partial charge < -0.3 is 5.32 Å². The van der Waals surface area contributed by atoms with Gasteiger partial charge in [0.05, 0.1) is 4.88 Å². The van der Waals surface area contributed by atoms with E-state index in [0.717, 1.165) is 10.6 Å². The smallest absolute Gasteiger partial charge is 0.198 e. The van der Waals surface area contributed by atoms with Crippen molar-refractivity contribution >= 4 is 22.8 Å². The Labute approximate surface area is 137 Å². The van der Waals surface area contributed by atoms with Crippen molar-refractivity contribution in [3.8, 4) is 10.6 Å². The first-order chi connectivity index (χ1) is 11.2. The Kier molecular flexibility index (Phi) is 4.59. The number of hydrogen-bond acceptors (Lipinski definition) is 4. The van der Waals surface area contributed by atoms with E-state index < -0.39 is 0 Å². The molecule has 0 atom stereocenters. The van der Waals surface area contributed by atoms with E-state index in [1.165, 1.54) is 35.7 Å². The lowest BCUT2D eigenvalue weighted by Crippen LogP contribution is -1.93. The Morgan fingerprint density at radius 1 is 1.09 bits per heavy atom. The molecule has 3 aromatic rings. The number of thiazole rings is 1. The standard InChI is InChI=1S/C18H13FN2OS/c19-14-6-8-15(9-7-14)20-11-10-16(22)17-12-21-18(23-17)13-4-2-1-3-5-13/h1-12,20H/b11-10+. The summed E-state index contributed by atoms with van der Waals surface area (Å²) in [5.41, 5.74) is 1.70. The number of ketones is 1. The van der Waals surface area contributed by atoms with Gasteiger partial charge >= 0.3 is 0 Å². The van der Waals surface area contributed by atoms with Crippen LogP contribution in [0.2, 0.25) is 0 Å². The average Bonchev–Trinajstić information content (AvgIpc) is 3.07. The van der Waals surface area contributed by atoms with Gasteiger partial charge in [0.15, 0.2) is 5.78 Å². The van der Waals surface area contributed by atoms with E-state index in [1.807, 2.05) is 30.3 Å². The number of benzene rings is 2. The second-order valence-corrected chi connectivity index (χ2v) is 5.78.